The molecule has 0 radical (unpaired) electrons. The molecule has 0 amide bonds. The minimum Gasteiger partial charge on any atom is -0.292 e. The van der Waals surface area contributed by atoms with Crippen molar-refractivity contribution in [1.82, 2.24) is 9.97 Å². The molecule has 1 aromatic rings. The quantitative estimate of drug-likeness (QED) is 0.520. The Labute approximate surface area is 75.2 Å². The Bertz CT molecular complexity index is 430. The lowest BCUT2D eigenvalue weighted by atomic mass is 10.4. The topological polar surface area (TPSA) is 81.6 Å². The predicted molar refractivity (Wildman–Crippen MR) is 39.1 cm³/mol. The maximum atomic E-state index is 12.1. The molecule has 2 N–H and O–H groups in total. The summed E-state index contributed by atoms with van der Waals surface area (Å²) in [4.78, 5) is 15.6. The van der Waals surface area contributed by atoms with E-state index < -0.39 is 23.4 Å². The van der Waals surface area contributed by atoms with Crippen LogP contribution in [0.25, 0.3) is 0 Å². The molecule has 0 saturated heterocycles. The second-order valence-corrected chi connectivity index (χ2v) is 2.21. The summed E-state index contributed by atoms with van der Waals surface area (Å²) in [5, 5.41) is 9.90. The van der Waals surface area contributed by atoms with Gasteiger partial charge in [0.25, 0.3) is 5.56 Å². The number of nitrogens with one attached hydrogen (secondary N) is 2. The van der Waals surface area contributed by atoms with Crippen LogP contribution >= 0.6 is 0 Å². The first kappa shape index (κ1) is 10.0. The highest BCUT2D eigenvalue weighted by atomic mass is 19.4. The van der Waals surface area contributed by atoms with Crippen molar-refractivity contribution in [3.05, 3.63) is 22.1 Å². The lowest BCUT2D eigenvalue weighted by molar-refractivity contribution is -0.141. The number of aromatic amines is 1. The van der Waals surface area contributed by atoms with Gasteiger partial charge in [-0.15, -0.1) is 0 Å². The maximum Gasteiger partial charge on any atom is 0.433 e. The molecule has 1 rings (SSSR count). The highest BCUT2D eigenvalue weighted by Crippen LogP contribution is 2.26. The molecule has 0 aliphatic rings. The first-order chi connectivity index (χ1) is 6.43. The summed E-state index contributed by atoms with van der Waals surface area (Å²) in [6.45, 7) is 0. The van der Waals surface area contributed by atoms with Crippen LogP contribution in [-0.2, 0) is 6.18 Å². The van der Waals surface area contributed by atoms with Gasteiger partial charge in [-0.2, -0.15) is 18.4 Å². The third-order valence-corrected chi connectivity index (χ3v) is 1.21. The molecule has 0 unspecified atom stereocenters. The Morgan fingerprint density at radius 2 is 2.21 bits per heavy atom. The van der Waals surface area contributed by atoms with E-state index >= 15 is 0 Å². The molecule has 0 saturated carbocycles. The maximum absolute atomic E-state index is 12.1. The fourth-order valence-electron chi connectivity index (χ4n) is 0.715. The number of hydrogen-bond acceptors (Lipinski definition) is 4. The number of alkyl halides is 3. The molecule has 14 heavy (non-hydrogen) atoms. The number of hydrogen-bond donors (Lipinski definition) is 2. The second-order valence-electron chi connectivity index (χ2n) is 2.21. The number of halogens is 3. The summed E-state index contributed by atoms with van der Waals surface area (Å²) in [6.07, 6.45) is -3.37. The average molecular weight is 204 g/mol. The van der Waals surface area contributed by atoms with Gasteiger partial charge in [-0.1, -0.05) is 0 Å². The van der Waals surface area contributed by atoms with Gasteiger partial charge in [0, 0.05) is 6.07 Å². The zero-order valence-electron chi connectivity index (χ0n) is 6.51. The van der Waals surface area contributed by atoms with Crippen molar-refractivity contribution >= 4 is 5.95 Å². The van der Waals surface area contributed by atoms with Gasteiger partial charge in [0.1, 0.15) is 0 Å². The Morgan fingerprint density at radius 1 is 1.57 bits per heavy atom. The molecule has 0 bridgehead atoms. The molecular formula is C6H3F3N4O. The molecule has 0 fully saturated rings. The van der Waals surface area contributed by atoms with Crippen LogP contribution in [0.3, 0.4) is 0 Å². The van der Waals surface area contributed by atoms with Crippen molar-refractivity contribution in [2.75, 3.05) is 5.32 Å². The van der Waals surface area contributed by atoms with Gasteiger partial charge >= 0.3 is 6.18 Å². The minimum atomic E-state index is -4.71. The van der Waals surface area contributed by atoms with Crippen LogP contribution in [-0.4, -0.2) is 9.97 Å². The number of H-pyrrole nitrogens is 1. The lowest BCUT2D eigenvalue weighted by Gasteiger charge is -2.05. The first-order valence-electron chi connectivity index (χ1n) is 3.27. The number of anilines is 1. The minimum absolute atomic E-state index is 0.308. The molecular weight excluding hydrogens is 201 g/mol. The van der Waals surface area contributed by atoms with E-state index in [1.165, 1.54) is 6.19 Å². The summed E-state index contributed by atoms with van der Waals surface area (Å²) in [5.41, 5.74) is -2.33. The van der Waals surface area contributed by atoms with E-state index in [1.54, 1.807) is 5.32 Å². The Balaban J connectivity index is 3.22. The van der Waals surface area contributed by atoms with Gasteiger partial charge in [-0.05, 0) is 0 Å². The van der Waals surface area contributed by atoms with E-state index in [2.05, 4.69) is 4.98 Å². The number of aromatic nitrogens is 2. The lowest BCUT2D eigenvalue weighted by Crippen LogP contribution is -2.17. The second kappa shape index (κ2) is 3.37. The van der Waals surface area contributed by atoms with Crippen molar-refractivity contribution in [2.24, 2.45) is 0 Å². The monoisotopic (exact) mass is 204 g/mol. The van der Waals surface area contributed by atoms with Gasteiger partial charge in [0.15, 0.2) is 11.9 Å². The fraction of sp³-hybridized carbons (Fsp3) is 0.167. The summed E-state index contributed by atoms with van der Waals surface area (Å²) < 4.78 is 36.2. The molecule has 8 heteroatoms. The van der Waals surface area contributed by atoms with Crippen LogP contribution < -0.4 is 10.9 Å². The van der Waals surface area contributed by atoms with Crippen molar-refractivity contribution in [2.45, 2.75) is 6.18 Å². The largest absolute Gasteiger partial charge is 0.433 e. The molecule has 0 aromatic carbocycles. The third-order valence-electron chi connectivity index (χ3n) is 1.21. The van der Waals surface area contributed by atoms with Crippen LogP contribution in [0, 0.1) is 11.5 Å². The molecule has 0 aliphatic heterocycles. The average Bonchev–Trinajstić information content (AvgIpc) is 2.02. The smallest absolute Gasteiger partial charge is 0.292 e. The predicted octanol–water partition coefficient (Wildman–Crippen LogP) is 0.682. The summed E-state index contributed by atoms with van der Waals surface area (Å²) in [7, 11) is 0. The van der Waals surface area contributed by atoms with Crippen molar-refractivity contribution in [1.29, 1.82) is 5.26 Å². The van der Waals surface area contributed by atoms with E-state index in [-0.39, 0.29) is 0 Å². The van der Waals surface area contributed by atoms with Crippen LogP contribution in [0.15, 0.2) is 10.9 Å². The molecule has 0 atom stereocenters. The van der Waals surface area contributed by atoms with Gasteiger partial charge in [-0.25, -0.2) is 4.98 Å². The Hall–Kier alpha value is -2.04. The first-order valence-corrected chi connectivity index (χ1v) is 3.27. The summed E-state index contributed by atoms with van der Waals surface area (Å²) in [6, 6.07) is 0.308. The number of nitriles is 1. The van der Waals surface area contributed by atoms with Crippen molar-refractivity contribution in [3.8, 4) is 6.19 Å². The summed E-state index contributed by atoms with van der Waals surface area (Å²) >= 11 is 0. The highest BCUT2D eigenvalue weighted by Gasteiger charge is 2.33. The van der Waals surface area contributed by atoms with Gasteiger partial charge in [-0.3, -0.25) is 15.1 Å². The number of nitrogens with zero attached hydrogens (tertiary/aromatic N) is 2. The van der Waals surface area contributed by atoms with Crippen LogP contribution in [0.2, 0.25) is 0 Å². The normalized spacial score (nSPS) is 10.7. The van der Waals surface area contributed by atoms with Gasteiger partial charge in [0.2, 0.25) is 5.95 Å². The van der Waals surface area contributed by atoms with Crippen LogP contribution in [0.5, 0.6) is 0 Å². The number of rotatable bonds is 1. The molecule has 0 aliphatic carbocycles. The van der Waals surface area contributed by atoms with E-state index in [0.717, 1.165) is 0 Å². The molecule has 1 heterocycles. The fourth-order valence-corrected chi connectivity index (χ4v) is 0.715. The zero-order chi connectivity index (χ0) is 10.8. The van der Waals surface area contributed by atoms with Crippen LogP contribution in [0.1, 0.15) is 5.69 Å². The van der Waals surface area contributed by atoms with E-state index in [0.29, 0.717) is 6.07 Å². The van der Waals surface area contributed by atoms with Crippen molar-refractivity contribution < 1.29 is 13.2 Å². The molecule has 74 valence electrons. The zero-order valence-corrected chi connectivity index (χ0v) is 6.51. The Morgan fingerprint density at radius 3 is 2.71 bits per heavy atom. The van der Waals surface area contributed by atoms with Gasteiger partial charge in [0.05, 0.1) is 0 Å². The van der Waals surface area contributed by atoms with E-state index in [9.17, 15) is 18.0 Å². The third kappa shape index (κ3) is 2.22. The molecule has 5 nitrogen and oxygen atoms in total. The van der Waals surface area contributed by atoms with Gasteiger partial charge < -0.3 is 0 Å². The summed E-state index contributed by atoms with van der Waals surface area (Å²) in [5.74, 6) is -0.535. The highest BCUT2D eigenvalue weighted by molar-refractivity contribution is 5.30. The SMILES string of the molecule is N#CNc1nc(C(F)(F)F)cc(=O)[nH]1. The van der Waals surface area contributed by atoms with Crippen molar-refractivity contribution in [3.63, 3.8) is 0 Å². The van der Waals surface area contributed by atoms with Crippen LogP contribution in [0.4, 0.5) is 19.1 Å². The molecule has 0 spiro atoms. The Kier molecular flexibility index (Phi) is 2.42. The van der Waals surface area contributed by atoms with E-state index in [1.807, 2.05) is 4.98 Å². The molecule has 1 aromatic heterocycles. The van der Waals surface area contributed by atoms with E-state index in [4.69, 9.17) is 5.26 Å². The standard InChI is InChI=1S/C6H3F3N4O/c7-6(8,9)3-1-4(14)13-5(12-3)11-2-10/h1H,(H2,11,12,13,14).